The summed E-state index contributed by atoms with van der Waals surface area (Å²) in [7, 11) is 1.31. The average Bonchev–Trinajstić information content (AvgIpc) is 3.28. The van der Waals surface area contributed by atoms with E-state index in [0.717, 1.165) is 64.2 Å². The number of nitrogens with zero attached hydrogens (tertiary/aromatic N) is 1. The summed E-state index contributed by atoms with van der Waals surface area (Å²) in [5.41, 5.74) is 0. The molecule has 0 saturated carbocycles. The molecule has 0 aliphatic heterocycles. The van der Waals surface area contributed by atoms with Gasteiger partial charge in [0.2, 0.25) is 5.91 Å². The normalized spacial score (nSPS) is 14.3. The first kappa shape index (κ1) is 64.5. The van der Waals surface area contributed by atoms with Crippen LogP contribution in [0.25, 0.3) is 0 Å². The molecule has 0 aromatic heterocycles. The number of amides is 1. The molecule has 66 heavy (non-hydrogen) atoms. The topological polar surface area (TPSA) is 108 Å². The van der Waals surface area contributed by atoms with Crippen LogP contribution in [-0.4, -0.2) is 68.5 Å². The van der Waals surface area contributed by atoms with Gasteiger partial charge in [0.25, 0.3) is 7.82 Å². The van der Waals surface area contributed by atoms with E-state index in [9.17, 15) is 19.4 Å². The molecule has 0 fully saturated rings. The highest BCUT2D eigenvalue weighted by Crippen LogP contribution is 2.38. The molecule has 8 nitrogen and oxygen atoms in total. The summed E-state index contributed by atoms with van der Waals surface area (Å²) in [5, 5.41) is 13.9. The molecule has 0 aliphatic rings. The number of likely N-dealkylation sites (N-methyl/N-ethyl adjacent to an activating group) is 1. The maximum atomic E-state index is 12.9. The van der Waals surface area contributed by atoms with E-state index < -0.39 is 20.0 Å². The van der Waals surface area contributed by atoms with Gasteiger partial charge >= 0.3 is 0 Å². The number of phosphoric ester groups is 1. The highest BCUT2D eigenvalue weighted by molar-refractivity contribution is 7.45. The minimum absolute atomic E-state index is 0.0130. The van der Waals surface area contributed by atoms with Gasteiger partial charge in [-0.3, -0.25) is 9.36 Å². The first-order valence-electron chi connectivity index (χ1n) is 28.0. The van der Waals surface area contributed by atoms with E-state index in [1.165, 1.54) is 167 Å². The standard InChI is InChI=1S/C57H109N2O6P/c1-6-8-10-12-14-16-18-19-20-21-22-23-24-25-26-27-28-29-30-31-32-33-34-35-36-37-38-39-41-43-45-47-49-51-57(61)58-55(54-65-66(62,63)64-53-52-59(3,4)5)56(60)50-48-46-44-42-40-17-15-13-11-9-7-2/h8,10,14,16,19-20,22-23,55-56,60H,6-7,9,11-13,15,17-18,21,24-54H2,1-5H3,(H-,58,61,62,63)/b10-8-,16-14-,20-19-,23-22-. The monoisotopic (exact) mass is 949 g/mol. The number of aliphatic hydroxyl groups excluding tert-OH is 1. The van der Waals surface area contributed by atoms with Gasteiger partial charge in [-0.1, -0.05) is 249 Å². The number of hydrogen-bond donors (Lipinski definition) is 2. The number of rotatable bonds is 51. The van der Waals surface area contributed by atoms with Gasteiger partial charge in [-0.05, 0) is 51.4 Å². The number of nitrogens with one attached hydrogen (secondary N) is 1. The first-order valence-corrected chi connectivity index (χ1v) is 29.4. The number of carbonyl (C=O) groups is 1. The van der Waals surface area contributed by atoms with Crippen molar-refractivity contribution < 1.29 is 32.9 Å². The van der Waals surface area contributed by atoms with Crippen molar-refractivity contribution in [3.63, 3.8) is 0 Å². The van der Waals surface area contributed by atoms with Gasteiger partial charge in [0, 0.05) is 6.42 Å². The maximum Gasteiger partial charge on any atom is 0.268 e. The first-order chi connectivity index (χ1) is 32.0. The van der Waals surface area contributed by atoms with Gasteiger partial charge in [-0.15, -0.1) is 0 Å². The summed E-state index contributed by atoms with van der Waals surface area (Å²) in [6, 6.07) is -0.798. The number of allylic oxidation sites excluding steroid dienone is 8. The molecule has 0 rings (SSSR count). The van der Waals surface area contributed by atoms with Crippen LogP contribution >= 0.6 is 7.82 Å². The van der Waals surface area contributed by atoms with Crippen LogP contribution in [0, 0.1) is 0 Å². The lowest BCUT2D eigenvalue weighted by Crippen LogP contribution is -2.46. The number of aliphatic hydroxyl groups is 1. The van der Waals surface area contributed by atoms with Crippen molar-refractivity contribution in [3.8, 4) is 0 Å². The van der Waals surface area contributed by atoms with Crippen molar-refractivity contribution in [1.82, 2.24) is 5.32 Å². The average molecular weight is 949 g/mol. The Labute approximate surface area is 409 Å². The number of quaternary nitrogens is 1. The lowest BCUT2D eigenvalue weighted by Gasteiger charge is -2.30. The number of hydrogen-bond acceptors (Lipinski definition) is 6. The van der Waals surface area contributed by atoms with Crippen molar-refractivity contribution in [2.45, 2.75) is 270 Å². The Bertz CT molecular complexity index is 1210. The molecule has 0 heterocycles. The second-order valence-electron chi connectivity index (χ2n) is 20.3. The molecule has 0 spiro atoms. The zero-order valence-corrected chi connectivity index (χ0v) is 45.0. The van der Waals surface area contributed by atoms with Crippen molar-refractivity contribution in [2.75, 3.05) is 40.9 Å². The van der Waals surface area contributed by atoms with E-state index in [1.54, 1.807) is 0 Å². The van der Waals surface area contributed by atoms with Gasteiger partial charge in [-0.25, -0.2) is 0 Å². The Balaban J connectivity index is 3.95. The van der Waals surface area contributed by atoms with Crippen LogP contribution < -0.4 is 10.2 Å². The quantitative estimate of drug-likeness (QED) is 0.0272. The van der Waals surface area contributed by atoms with Crippen molar-refractivity contribution >= 4 is 13.7 Å². The van der Waals surface area contributed by atoms with Crippen LogP contribution in [-0.2, 0) is 18.4 Å². The fourth-order valence-electron chi connectivity index (χ4n) is 8.21. The van der Waals surface area contributed by atoms with E-state index in [-0.39, 0.29) is 19.1 Å². The molecule has 9 heteroatoms. The summed E-state index contributed by atoms with van der Waals surface area (Å²) in [5.74, 6) is -0.163. The molecule has 388 valence electrons. The van der Waals surface area contributed by atoms with Gasteiger partial charge in [0.1, 0.15) is 13.2 Å². The summed E-state index contributed by atoms with van der Waals surface area (Å²) < 4.78 is 23.3. The lowest BCUT2D eigenvalue weighted by molar-refractivity contribution is -0.870. The summed E-state index contributed by atoms with van der Waals surface area (Å²) in [6.45, 7) is 4.61. The lowest BCUT2D eigenvalue weighted by atomic mass is 10.0. The minimum Gasteiger partial charge on any atom is -0.756 e. The Hall–Kier alpha value is -1.54. The van der Waals surface area contributed by atoms with Gasteiger partial charge in [0.15, 0.2) is 0 Å². The third-order valence-electron chi connectivity index (χ3n) is 12.6. The molecule has 0 aromatic carbocycles. The van der Waals surface area contributed by atoms with Gasteiger partial charge in [-0.2, -0.15) is 0 Å². The fourth-order valence-corrected chi connectivity index (χ4v) is 8.93. The van der Waals surface area contributed by atoms with Crippen molar-refractivity contribution in [1.29, 1.82) is 0 Å². The maximum absolute atomic E-state index is 12.9. The highest BCUT2D eigenvalue weighted by atomic mass is 31.2. The molecule has 3 unspecified atom stereocenters. The predicted molar refractivity (Wildman–Crippen MR) is 284 cm³/mol. The fraction of sp³-hybridized carbons (Fsp3) is 0.842. The third kappa shape index (κ3) is 50.3. The van der Waals surface area contributed by atoms with Crippen LogP contribution in [0.1, 0.15) is 258 Å². The Morgan fingerprint density at radius 2 is 0.924 bits per heavy atom. The molecule has 2 N–H and O–H groups in total. The van der Waals surface area contributed by atoms with Crippen LogP contribution in [0.4, 0.5) is 0 Å². The predicted octanol–water partition coefficient (Wildman–Crippen LogP) is 16.1. The van der Waals surface area contributed by atoms with Crippen LogP contribution in [0.5, 0.6) is 0 Å². The molecule has 0 saturated heterocycles. The van der Waals surface area contributed by atoms with Gasteiger partial charge < -0.3 is 28.8 Å². The SMILES string of the molecule is CC/C=C\C/C=C\C/C=C\C/C=C\CCCCCCCCCCCCCCCCCCCCCCC(=O)NC(COP(=O)([O-])OCC[N+](C)(C)C)C(O)CCCCCCCCCCCCC. The largest absolute Gasteiger partial charge is 0.756 e. The zero-order valence-electron chi connectivity index (χ0n) is 44.1. The van der Waals surface area contributed by atoms with Crippen molar-refractivity contribution in [2.24, 2.45) is 0 Å². The van der Waals surface area contributed by atoms with E-state index in [0.29, 0.717) is 23.9 Å². The Morgan fingerprint density at radius 1 is 0.545 bits per heavy atom. The molecule has 1 amide bonds. The molecule has 0 aliphatic carbocycles. The van der Waals surface area contributed by atoms with Crippen LogP contribution in [0.2, 0.25) is 0 Å². The second-order valence-corrected chi connectivity index (χ2v) is 21.7. The molecular weight excluding hydrogens is 840 g/mol. The molecule has 0 bridgehead atoms. The smallest absolute Gasteiger partial charge is 0.268 e. The van der Waals surface area contributed by atoms with Crippen LogP contribution in [0.3, 0.4) is 0 Å². The Kier molecular flexibility index (Phi) is 47.4. The van der Waals surface area contributed by atoms with E-state index in [1.807, 2.05) is 21.1 Å². The van der Waals surface area contributed by atoms with Gasteiger partial charge in [0.05, 0.1) is 39.9 Å². The zero-order chi connectivity index (χ0) is 48.5. The summed E-state index contributed by atoms with van der Waals surface area (Å²) in [4.78, 5) is 25.4. The summed E-state index contributed by atoms with van der Waals surface area (Å²) >= 11 is 0. The van der Waals surface area contributed by atoms with Crippen molar-refractivity contribution in [3.05, 3.63) is 48.6 Å². The third-order valence-corrected chi connectivity index (χ3v) is 13.5. The Morgan fingerprint density at radius 3 is 1.35 bits per heavy atom. The number of unbranched alkanes of at least 4 members (excludes halogenated alkanes) is 30. The van der Waals surface area contributed by atoms with E-state index >= 15 is 0 Å². The molecular formula is C57H109N2O6P. The molecule has 0 radical (unpaired) electrons. The number of phosphoric acid groups is 1. The van der Waals surface area contributed by atoms with E-state index in [4.69, 9.17) is 9.05 Å². The van der Waals surface area contributed by atoms with Crippen LogP contribution in [0.15, 0.2) is 48.6 Å². The minimum atomic E-state index is -4.56. The number of carbonyl (C=O) groups excluding carboxylic acids is 1. The molecule has 0 aromatic rings. The second kappa shape index (κ2) is 48.5. The summed E-state index contributed by atoms with van der Waals surface area (Å²) in [6.07, 6.45) is 63.0. The highest BCUT2D eigenvalue weighted by Gasteiger charge is 2.24. The molecule has 3 atom stereocenters. The van der Waals surface area contributed by atoms with E-state index in [2.05, 4.69) is 67.8 Å².